The van der Waals surface area contributed by atoms with Gasteiger partial charge in [0, 0.05) is 12.0 Å². The van der Waals surface area contributed by atoms with E-state index in [0.29, 0.717) is 6.42 Å². The van der Waals surface area contributed by atoms with Gasteiger partial charge < -0.3 is 16.0 Å². The lowest BCUT2D eigenvalue weighted by atomic mass is 9.86. The fraction of sp³-hybridized carbons (Fsp3) is 0.909. The van der Waals surface area contributed by atoms with E-state index in [2.05, 4.69) is 24.2 Å². The molecule has 15 heavy (non-hydrogen) atoms. The van der Waals surface area contributed by atoms with Crippen LogP contribution in [0.5, 0.6) is 0 Å². The molecular weight excluding hydrogens is 190 g/mol. The van der Waals surface area contributed by atoms with Crippen LogP contribution in [0.15, 0.2) is 0 Å². The predicted molar refractivity (Wildman–Crippen MR) is 61.6 cm³/mol. The molecule has 0 radical (unpaired) electrons. The minimum absolute atomic E-state index is 0.0503. The molecule has 1 aliphatic heterocycles. The van der Waals surface area contributed by atoms with Gasteiger partial charge in [-0.3, -0.25) is 4.79 Å². The van der Waals surface area contributed by atoms with Crippen LogP contribution in [0.25, 0.3) is 0 Å². The highest BCUT2D eigenvalue weighted by atomic mass is 16.1. The van der Waals surface area contributed by atoms with Crippen molar-refractivity contribution >= 4 is 5.91 Å². The molecule has 1 aliphatic rings. The number of rotatable bonds is 4. The Morgan fingerprint density at radius 2 is 2.20 bits per heavy atom. The van der Waals surface area contributed by atoms with Crippen molar-refractivity contribution in [2.45, 2.75) is 38.1 Å². The molecule has 1 saturated heterocycles. The van der Waals surface area contributed by atoms with Crippen LogP contribution < -0.4 is 11.1 Å². The summed E-state index contributed by atoms with van der Waals surface area (Å²) in [6, 6.07) is 0. The Labute approximate surface area is 92.2 Å². The summed E-state index contributed by atoms with van der Waals surface area (Å²) >= 11 is 0. The molecule has 1 heterocycles. The highest BCUT2D eigenvalue weighted by Crippen LogP contribution is 2.25. The number of likely N-dealkylation sites (tertiary alicyclic amines) is 1. The van der Waals surface area contributed by atoms with E-state index in [1.54, 1.807) is 0 Å². The number of carbonyl (C=O) groups excluding carboxylic acids is 1. The monoisotopic (exact) mass is 213 g/mol. The maximum Gasteiger partial charge on any atom is 0.219 e. The number of primary amides is 1. The Kier molecular flexibility index (Phi) is 4.54. The number of carbonyl (C=O) groups is 1. The summed E-state index contributed by atoms with van der Waals surface area (Å²) in [5.74, 6) is -0.194. The number of nitrogens with zero attached hydrogens (tertiary/aromatic N) is 1. The van der Waals surface area contributed by atoms with E-state index in [9.17, 15) is 4.79 Å². The van der Waals surface area contributed by atoms with Crippen LogP contribution in [-0.4, -0.2) is 43.0 Å². The van der Waals surface area contributed by atoms with Crippen LogP contribution in [0.2, 0.25) is 0 Å². The van der Waals surface area contributed by atoms with Gasteiger partial charge in [0.2, 0.25) is 5.91 Å². The van der Waals surface area contributed by atoms with Crippen molar-refractivity contribution < 1.29 is 4.79 Å². The van der Waals surface area contributed by atoms with Crippen molar-refractivity contribution in [1.29, 1.82) is 0 Å². The molecule has 1 unspecified atom stereocenters. The minimum Gasteiger partial charge on any atom is -0.370 e. The lowest BCUT2D eigenvalue weighted by Crippen LogP contribution is -2.48. The fourth-order valence-electron chi connectivity index (χ4n) is 2.45. The van der Waals surface area contributed by atoms with Crippen molar-refractivity contribution in [3.63, 3.8) is 0 Å². The molecule has 4 nitrogen and oxygen atoms in total. The van der Waals surface area contributed by atoms with E-state index in [1.807, 2.05) is 0 Å². The number of nitrogens with two attached hydrogens (primary N) is 1. The van der Waals surface area contributed by atoms with E-state index >= 15 is 0 Å². The SMILES string of the molecule is CCNC1(CC(N)=O)CCCN(C)CC1. The molecule has 0 aliphatic carbocycles. The second kappa shape index (κ2) is 5.47. The molecule has 0 aromatic heterocycles. The molecule has 1 atom stereocenters. The van der Waals surface area contributed by atoms with Gasteiger partial charge in [-0.15, -0.1) is 0 Å². The lowest BCUT2D eigenvalue weighted by Gasteiger charge is -2.32. The molecule has 1 amide bonds. The van der Waals surface area contributed by atoms with Crippen molar-refractivity contribution in [2.24, 2.45) is 5.73 Å². The van der Waals surface area contributed by atoms with Gasteiger partial charge in [-0.1, -0.05) is 6.92 Å². The highest BCUT2D eigenvalue weighted by Gasteiger charge is 2.32. The number of nitrogens with one attached hydrogen (secondary N) is 1. The second-order valence-electron chi connectivity index (χ2n) is 4.61. The molecule has 0 aromatic rings. The summed E-state index contributed by atoms with van der Waals surface area (Å²) in [5.41, 5.74) is 5.28. The zero-order valence-electron chi connectivity index (χ0n) is 9.88. The average Bonchev–Trinajstić information content (AvgIpc) is 2.29. The fourth-order valence-corrected chi connectivity index (χ4v) is 2.45. The molecular formula is C11H23N3O. The van der Waals surface area contributed by atoms with Crippen molar-refractivity contribution in [2.75, 3.05) is 26.7 Å². The third kappa shape index (κ3) is 3.80. The van der Waals surface area contributed by atoms with E-state index in [0.717, 1.165) is 38.9 Å². The summed E-state index contributed by atoms with van der Waals surface area (Å²) in [6.07, 6.45) is 3.67. The Bertz CT molecular complexity index is 220. The molecule has 0 aromatic carbocycles. The van der Waals surface area contributed by atoms with E-state index in [4.69, 9.17) is 5.73 Å². The zero-order valence-corrected chi connectivity index (χ0v) is 9.88. The zero-order chi connectivity index (χ0) is 11.3. The first-order chi connectivity index (χ1) is 7.08. The normalized spacial score (nSPS) is 28.7. The summed E-state index contributed by atoms with van der Waals surface area (Å²) < 4.78 is 0. The number of amides is 1. The topological polar surface area (TPSA) is 58.4 Å². The Balaban J connectivity index is 2.65. The highest BCUT2D eigenvalue weighted by molar-refractivity contribution is 5.75. The molecule has 0 saturated carbocycles. The maximum atomic E-state index is 11.1. The van der Waals surface area contributed by atoms with E-state index in [-0.39, 0.29) is 11.4 Å². The molecule has 0 bridgehead atoms. The Hall–Kier alpha value is -0.610. The van der Waals surface area contributed by atoms with Gasteiger partial charge in [0.1, 0.15) is 0 Å². The summed E-state index contributed by atoms with van der Waals surface area (Å²) in [7, 11) is 2.13. The van der Waals surface area contributed by atoms with Gasteiger partial charge in [-0.2, -0.15) is 0 Å². The largest absolute Gasteiger partial charge is 0.370 e. The van der Waals surface area contributed by atoms with Crippen LogP contribution >= 0.6 is 0 Å². The van der Waals surface area contributed by atoms with Crippen molar-refractivity contribution in [3.8, 4) is 0 Å². The first kappa shape index (κ1) is 12.5. The van der Waals surface area contributed by atoms with E-state index in [1.165, 1.54) is 0 Å². The standard InChI is InChI=1S/C11H23N3O/c1-3-13-11(9-10(12)15)5-4-7-14(2)8-6-11/h13H,3-9H2,1-2H3,(H2,12,15). The summed E-state index contributed by atoms with van der Waals surface area (Å²) in [4.78, 5) is 13.4. The van der Waals surface area contributed by atoms with Crippen LogP contribution in [0.4, 0.5) is 0 Å². The van der Waals surface area contributed by atoms with Gasteiger partial charge in [-0.25, -0.2) is 0 Å². The number of hydrogen-bond acceptors (Lipinski definition) is 3. The summed E-state index contributed by atoms with van der Waals surface area (Å²) in [5, 5.41) is 3.46. The van der Waals surface area contributed by atoms with Crippen LogP contribution in [-0.2, 0) is 4.79 Å². The third-order valence-corrected chi connectivity index (χ3v) is 3.23. The molecule has 0 spiro atoms. The van der Waals surface area contributed by atoms with Gasteiger partial charge >= 0.3 is 0 Å². The van der Waals surface area contributed by atoms with E-state index < -0.39 is 0 Å². The molecule has 88 valence electrons. The quantitative estimate of drug-likeness (QED) is 0.707. The van der Waals surface area contributed by atoms with Crippen LogP contribution in [0.1, 0.15) is 32.6 Å². The predicted octanol–water partition coefficient (Wildman–Crippen LogP) is 0.326. The molecule has 4 heteroatoms. The van der Waals surface area contributed by atoms with Crippen LogP contribution in [0, 0.1) is 0 Å². The number of hydrogen-bond donors (Lipinski definition) is 2. The Morgan fingerprint density at radius 1 is 1.47 bits per heavy atom. The average molecular weight is 213 g/mol. The van der Waals surface area contributed by atoms with Crippen molar-refractivity contribution in [3.05, 3.63) is 0 Å². The minimum atomic E-state index is -0.194. The molecule has 1 fully saturated rings. The lowest BCUT2D eigenvalue weighted by molar-refractivity contribution is -0.119. The van der Waals surface area contributed by atoms with Gasteiger partial charge in [0.15, 0.2) is 0 Å². The smallest absolute Gasteiger partial charge is 0.219 e. The maximum absolute atomic E-state index is 11.1. The van der Waals surface area contributed by atoms with Gasteiger partial charge in [-0.05, 0) is 45.9 Å². The van der Waals surface area contributed by atoms with Gasteiger partial charge in [0.25, 0.3) is 0 Å². The first-order valence-electron chi connectivity index (χ1n) is 5.80. The van der Waals surface area contributed by atoms with Crippen molar-refractivity contribution in [1.82, 2.24) is 10.2 Å². The second-order valence-corrected chi connectivity index (χ2v) is 4.61. The first-order valence-corrected chi connectivity index (χ1v) is 5.80. The third-order valence-electron chi connectivity index (χ3n) is 3.23. The van der Waals surface area contributed by atoms with Gasteiger partial charge in [0.05, 0.1) is 0 Å². The molecule has 3 N–H and O–H groups in total. The Morgan fingerprint density at radius 3 is 2.80 bits per heavy atom. The molecule has 1 rings (SSSR count). The van der Waals surface area contributed by atoms with Crippen LogP contribution in [0.3, 0.4) is 0 Å². The summed E-state index contributed by atoms with van der Waals surface area (Å²) in [6.45, 7) is 5.14.